The highest BCUT2D eigenvalue weighted by molar-refractivity contribution is 6.42. The molecule has 1 N–H and O–H groups in total. The number of carbonyl (C=O) groups excluding carboxylic acids is 3. The molecule has 1 fully saturated rings. The van der Waals surface area contributed by atoms with Crippen molar-refractivity contribution in [3.05, 3.63) is 82.4 Å². The second-order valence-corrected chi connectivity index (χ2v) is 12.5. The number of nitrogens with zero attached hydrogens (tertiary/aromatic N) is 5. The highest BCUT2D eigenvalue weighted by Crippen LogP contribution is 2.32. The number of hydrogen-bond acceptors (Lipinski definition) is 9. The van der Waals surface area contributed by atoms with Crippen LogP contribution in [0.1, 0.15) is 58.9 Å². The molecule has 6 rings (SSSR count). The number of Topliss-reactive ketones (excluding diaryl/α,β-unsaturated/α-hetero) is 3. The van der Waals surface area contributed by atoms with Crippen LogP contribution in [0.15, 0.2) is 58.5 Å². The fraction of sp³-hybridized carbons (Fsp3) is 0.389. The van der Waals surface area contributed by atoms with Gasteiger partial charge in [0.1, 0.15) is 5.69 Å². The number of halogens is 7. The number of benzene rings is 2. The first kappa shape index (κ1) is 38.4. The van der Waals surface area contributed by atoms with Crippen molar-refractivity contribution in [2.75, 3.05) is 31.1 Å². The number of piperazine rings is 1. The number of alkyl halides is 6. The molecule has 1 saturated heterocycles. The fourth-order valence-corrected chi connectivity index (χ4v) is 6.00. The zero-order chi connectivity index (χ0) is 37.8. The van der Waals surface area contributed by atoms with E-state index in [4.69, 9.17) is 5.11 Å². The van der Waals surface area contributed by atoms with E-state index in [9.17, 15) is 45.1 Å². The van der Waals surface area contributed by atoms with Crippen LogP contribution in [0.4, 0.5) is 47.8 Å². The van der Waals surface area contributed by atoms with E-state index in [1.54, 1.807) is 37.3 Å². The Bertz CT molecular complexity index is 1920. The Kier molecular flexibility index (Phi) is 11.7. The smallest absolute Gasteiger partial charge is 0.392 e. The minimum atomic E-state index is -4.47. The lowest BCUT2D eigenvalue weighted by molar-refractivity contribution is -0.126. The highest BCUT2D eigenvalue weighted by Gasteiger charge is 2.35. The maximum absolute atomic E-state index is 14.5. The summed E-state index contributed by atoms with van der Waals surface area (Å²) in [5.41, 5.74) is 3.09. The summed E-state index contributed by atoms with van der Waals surface area (Å²) in [6, 6.07) is 13.1. The third-order valence-corrected chi connectivity index (χ3v) is 8.62. The van der Waals surface area contributed by atoms with Crippen molar-refractivity contribution in [3.63, 3.8) is 0 Å². The lowest BCUT2D eigenvalue weighted by Gasteiger charge is -2.36. The topological polar surface area (TPSA) is 116 Å². The molecular formula is C36H34F7N5O4. The van der Waals surface area contributed by atoms with Gasteiger partial charge in [0.15, 0.2) is 17.3 Å². The Balaban J connectivity index is 0.000000244. The third-order valence-electron chi connectivity index (χ3n) is 8.62. The summed E-state index contributed by atoms with van der Waals surface area (Å²) in [5.74, 6) is -2.07. The van der Waals surface area contributed by atoms with Crippen LogP contribution in [0.2, 0.25) is 0 Å². The maximum atomic E-state index is 14.5. The molecule has 0 aliphatic carbocycles. The molecule has 0 atom stereocenters. The van der Waals surface area contributed by atoms with E-state index >= 15 is 0 Å². The molecular weight excluding hydrogens is 699 g/mol. The van der Waals surface area contributed by atoms with Crippen molar-refractivity contribution >= 4 is 45.8 Å². The van der Waals surface area contributed by atoms with E-state index in [1.165, 1.54) is 6.07 Å². The van der Waals surface area contributed by atoms with Crippen LogP contribution in [0.5, 0.6) is 0 Å². The fourth-order valence-electron chi connectivity index (χ4n) is 6.00. The molecule has 2 aromatic carbocycles. The molecule has 1 aromatic heterocycles. The van der Waals surface area contributed by atoms with Crippen molar-refractivity contribution in [3.8, 4) is 0 Å². The zero-order valence-electron chi connectivity index (χ0n) is 28.0. The van der Waals surface area contributed by atoms with Crippen LogP contribution in [0.25, 0.3) is 0 Å². The van der Waals surface area contributed by atoms with Gasteiger partial charge in [0.2, 0.25) is 5.95 Å². The normalized spacial score (nSPS) is 16.4. The molecule has 9 nitrogen and oxygen atoms in total. The van der Waals surface area contributed by atoms with Gasteiger partial charge < -0.3 is 10.0 Å². The average molecular weight is 734 g/mol. The van der Waals surface area contributed by atoms with Crippen LogP contribution in [-0.4, -0.2) is 82.3 Å². The number of hydrogen-bond donors (Lipinski definition) is 1. The summed E-state index contributed by atoms with van der Waals surface area (Å²) in [7, 11) is 0. The molecule has 0 radical (unpaired) electrons. The van der Waals surface area contributed by atoms with Gasteiger partial charge in [-0.3, -0.25) is 19.3 Å². The molecule has 52 heavy (non-hydrogen) atoms. The molecule has 4 heterocycles. The van der Waals surface area contributed by atoms with Crippen molar-refractivity contribution in [2.24, 2.45) is 9.98 Å². The second kappa shape index (κ2) is 15.8. The predicted octanol–water partition coefficient (Wildman–Crippen LogP) is 6.61. The van der Waals surface area contributed by atoms with Gasteiger partial charge in [-0.05, 0) is 46.5 Å². The number of fused-ring (bicyclic) bond motifs is 2. The number of aliphatic hydroxyl groups is 1. The first-order valence-corrected chi connectivity index (χ1v) is 16.4. The molecule has 3 aromatic rings. The maximum Gasteiger partial charge on any atom is 0.394 e. The molecule has 3 aliphatic rings. The summed E-state index contributed by atoms with van der Waals surface area (Å²) in [5, 5.41) is 8.94. The monoisotopic (exact) mass is 733 g/mol. The second-order valence-electron chi connectivity index (χ2n) is 12.5. The lowest BCUT2D eigenvalue weighted by Crippen LogP contribution is -2.46. The largest absolute Gasteiger partial charge is 0.394 e. The Labute approximate surface area is 293 Å². The number of carbonyl (C=O) groups is 3. The first-order valence-electron chi connectivity index (χ1n) is 16.4. The Morgan fingerprint density at radius 2 is 1.29 bits per heavy atom. The predicted molar refractivity (Wildman–Crippen MR) is 178 cm³/mol. The standard InChI is InChI=1S/C24H24F4N4O2.C12H10F3NO2/c1-2-21(33)18-5-6-20(23(25)30-18)32-9-7-31(8-10-32)14-15-3-4-17-16(11-15)12-22(34)19(29-17)13-24(26,27)28;13-12(14,15)5-10-11(18)4-8-3-7(6-17)1-2-9(8)16-10/h3-6,11H,2,7-10,12-14H2,1H3;1-3,17H,4-6H2. The van der Waals surface area contributed by atoms with Crippen molar-refractivity contribution < 1.29 is 50.2 Å². The Morgan fingerprint density at radius 3 is 1.77 bits per heavy atom. The van der Waals surface area contributed by atoms with Crippen LogP contribution < -0.4 is 4.90 Å². The highest BCUT2D eigenvalue weighted by atomic mass is 19.4. The van der Waals surface area contributed by atoms with Crippen LogP contribution in [0, 0.1) is 5.95 Å². The van der Waals surface area contributed by atoms with Gasteiger partial charge >= 0.3 is 12.4 Å². The van der Waals surface area contributed by atoms with E-state index in [0.29, 0.717) is 66.5 Å². The van der Waals surface area contributed by atoms with E-state index in [0.717, 1.165) is 5.56 Å². The minimum absolute atomic E-state index is 0.0886. The molecule has 276 valence electrons. The summed E-state index contributed by atoms with van der Waals surface area (Å²) < 4.78 is 89.2. The van der Waals surface area contributed by atoms with Crippen LogP contribution in [0.3, 0.4) is 0 Å². The Hall–Kier alpha value is -4.83. The Morgan fingerprint density at radius 1 is 0.769 bits per heavy atom. The molecule has 0 unspecified atom stereocenters. The van der Waals surface area contributed by atoms with E-state index < -0.39 is 54.1 Å². The first-order chi connectivity index (χ1) is 24.5. The van der Waals surface area contributed by atoms with Crippen molar-refractivity contribution in [1.82, 2.24) is 9.88 Å². The van der Waals surface area contributed by atoms with Crippen LogP contribution >= 0.6 is 0 Å². The van der Waals surface area contributed by atoms with Crippen molar-refractivity contribution in [1.29, 1.82) is 0 Å². The average Bonchev–Trinajstić information content (AvgIpc) is 3.08. The summed E-state index contributed by atoms with van der Waals surface area (Å²) in [4.78, 5) is 50.9. The number of pyridine rings is 1. The lowest BCUT2D eigenvalue weighted by atomic mass is 9.96. The molecule has 0 amide bonds. The van der Waals surface area contributed by atoms with Gasteiger partial charge in [0, 0.05) is 52.0 Å². The summed E-state index contributed by atoms with van der Waals surface area (Å²) in [6.07, 6.45) is -11.4. The minimum Gasteiger partial charge on any atom is -0.392 e. The number of ketones is 3. The molecule has 0 bridgehead atoms. The third kappa shape index (κ3) is 9.94. The number of aliphatic hydroxyl groups excluding tert-OH is 1. The van der Waals surface area contributed by atoms with Gasteiger partial charge in [0.25, 0.3) is 0 Å². The number of rotatable bonds is 8. The summed E-state index contributed by atoms with van der Waals surface area (Å²) >= 11 is 0. The van der Waals surface area contributed by atoms with E-state index in [-0.39, 0.29) is 37.3 Å². The van der Waals surface area contributed by atoms with Gasteiger partial charge in [0.05, 0.1) is 47.9 Å². The SMILES string of the molecule is CCC(=O)c1ccc(N2CCN(Cc3ccc4c(c3)CC(=O)C(CC(F)(F)F)=N4)CC2)c(F)n1.O=C1Cc2cc(CO)ccc2N=C1CC(F)(F)F. The van der Waals surface area contributed by atoms with Crippen molar-refractivity contribution in [2.45, 2.75) is 64.5 Å². The van der Waals surface area contributed by atoms with E-state index in [1.807, 2.05) is 17.0 Å². The van der Waals surface area contributed by atoms with Gasteiger partial charge in [-0.1, -0.05) is 31.2 Å². The molecule has 16 heteroatoms. The number of anilines is 1. The molecule has 0 spiro atoms. The summed E-state index contributed by atoms with van der Waals surface area (Å²) in [6.45, 7) is 4.61. The van der Waals surface area contributed by atoms with Gasteiger partial charge in [-0.25, -0.2) is 15.0 Å². The van der Waals surface area contributed by atoms with Gasteiger partial charge in [-0.15, -0.1) is 0 Å². The molecule has 3 aliphatic heterocycles. The van der Waals surface area contributed by atoms with Crippen LogP contribution in [-0.2, 0) is 35.6 Å². The number of aliphatic imine (C=N–C) groups is 2. The quantitative estimate of drug-likeness (QED) is 0.157. The molecule has 0 saturated carbocycles. The van der Waals surface area contributed by atoms with E-state index in [2.05, 4.69) is 19.9 Å². The van der Waals surface area contributed by atoms with Gasteiger partial charge in [-0.2, -0.15) is 30.7 Å². The zero-order valence-corrected chi connectivity index (χ0v) is 28.0. The number of aromatic nitrogens is 1.